The van der Waals surface area contributed by atoms with Crippen LogP contribution in [0.4, 0.5) is 0 Å². The van der Waals surface area contributed by atoms with E-state index in [1.807, 2.05) is 24.3 Å². The summed E-state index contributed by atoms with van der Waals surface area (Å²) in [6.07, 6.45) is 1.50. The zero-order valence-electron chi connectivity index (χ0n) is 17.2. The van der Waals surface area contributed by atoms with E-state index in [4.69, 9.17) is 30.5 Å². The minimum absolute atomic E-state index is 0.126. The van der Waals surface area contributed by atoms with Crippen LogP contribution in [0.5, 0.6) is 17.2 Å². The van der Waals surface area contributed by atoms with Gasteiger partial charge in [-0.3, -0.25) is 9.59 Å². The van der Waals surface area contributed by atoms with E-state index in [9.17, 15) is 9.59 Å². The van der Waals surface area contributed by atoms with Crippen molar-refractivity contribution in [3.8, 4) is 17.2 Å². The number of ketones is 2. The van der Waals surface area contributed by atoms with Crippen LogP contribution in [0, 0.1) is 9.49 Å². The molecule has 162 valence electrons. The zero-order valence-corrected chi connectivity index (χ0v) is 20.1. The van der Waals surface area contributed by atoms with E-state index < -0.39 is 11.5 Å². The molecule has 1 heterocycles. The Balaban J connectivity index is 1.77. The number of halogens is 2. The Bertz CT molecular complexity index is 1090. The largest absolute Gasteiger partial charge is 0.496 e. The van der Waals surface area contributed by atoms with Crippen LogP contribution in [0.25, 0.3) is 0 Å². The number of hydrogen-bond donors (Lipinski definition) is 0. The first-order valence-electron chi connectivity index (χ1n) is 9.62. The quantitative estimate of drug-likeness (QED) is 0.487. The van der Waals surface area contributed by atoms with E-state index in [1.54, 1.807) is 13.0 Å². The first-order chi connectivity index (χ1) is 14.8. The fraction of sp³-hybridized carbons (Fsp3) is 0.304. The Morgan fingerprint density at radius 3 is 2.48 bits per heavy atom. The molecular weight excluding hydrogens is 533 g/mol. The van der Waals surface area contributed by atoms with Gasteiger partial charge in [-0.1, -0.05) is 30.7 Å². The Morgan fingerprint density at radius 1 is 1.16 bits per heavy atom. The molecule has 2 aliphatic rings. The number of allylic oxidation sites excluding steroid dienone is 1. The van der Waals surface area contributed by atoms with Crippen molar-refractivity contribution in [2.45, 2.75) is 25.6 Å². The second-order valence-electron chi connectivity index (χ2n) is 7.46. The molecule has 8 heteroatoms. The molecule has 6 nitrogen and oxygen atoms in total. The maximum absolute atomic E-state index is 13.8. The van der Waals surface area contributed by atoms with Crippen molar-refractivity contribution >= 4 is 45.8 Å². The number of fused-ring (bicyclic) bond motifs is 1. The molecule has 0 aromatic heterocycles. The SMILES string of the molecule is COc1cc(OC)c2c(c1Cl)O[C@]1(C2=O)C(OCc2ccc([125I])cc2)=CC(=O)C[C@H]1C. The van der Waals surface area contributed by atoms with Crippen LogP contribution in [-0.4, -0.2) is 31.4 Å². The second-order valence-corrected chi connectivity index (χ2v) is 9.08. The molecule has 0 fully saturated rings. The average Bonchev–Trinajstić information content (AvgIpc) is 3.06. The topological polar surface area (TPSA) is 71.1 Å². The molecule has 0 radical (unpaired) electrons. The van der Waals surface area contributed by atoms with Crippen molar-refractivity contribution in [2.75, 3.05) is 14.2 Å². The summed E-state index contributed by atoms with van der Waals surface area (Å²) >= 11 is 8.70. The van der Waals surface area contributed by atoms with Gasteiger partial charge < -0.3 is 18.9 Å². The Hall–Kier alpha value is -2.26. The van der Waals surface area contributed by atoms with Gasteiger partial charge in [-0.2, -0.15) is 0 Å². The van der Waals surface area contributed by atoms with Gasteiger partial charge in [0.1, 0.15) is 28.7 Å². The standard InChI is InChI=1S/C23H20ClIO6/c1-12-8-15(26)9-18(30-11-13-4-6-14(25)7-5-13)23(12)22(27)19-16(28-2)10-17(29-3)20(24)21(19)31-23/h4-7,9-10,12H,8,11H2,1-3H3/t12-,23+/m1/s1/i25-2. The summed E-state index contributed by atoms with van der Waals surface area (Å²) in [5, 5.41) is 0.171. The molecule has 4 rings (SSSR count). The van der Waals surface area contributed by atoms with Crippen LogP contribution in [0.15, 0.2) is 42.2 Å². The van der Waals surface area contributed by atoms with E-state index in [1.165, 1.54) is 20.3 Å². The maximum atomic E-state index is 13.8. The van der Waals surface area contributed by atoms with E-state index >= 15 is 0 Å². The van der Waals surface area contributed by atoms with Crippen LogP contribution in [0.2, 0.25) is 5.02 Å². The lowest BCUT2D eigenvalue weighted by atomic mass is 9.75. The lowest BCUT2D eigenvalue weighted by Crippen LogP contribution is -2.51. The molecule has 0 bridgehead atoms. The lowest BCUT2D eigenvalue weighted by Gasteiger charge is -2.37. The normalized spacial score (nSPS) is 22.1. The van der Waals surface area contributed by atoms with Crippen LogP contribution >= 0.6 is 34.2 Å². The molecule has 2 aromatic rings. The molecule has 0 N–H and O–H groups in total. The summed E-state index contributed by atoms with van der Waals surface area (Å²) in [4.78, 5) is 26.1. The van der Waals surface area contributed by atoms with Crippen molar-refractivity contribution in [3.05, 3.63) is 61.9 Å². The van der Waals surface area contributed by atoms with Gasteiger partial charge in [0.05, 0.1) is 14.2 Å². The average molecular weight is 553 g/mol. The van der Waals surface area contributed by atoms with Crippen LogP contribution in [-0.2, 0) is 16.1 Å². The fourth-order valence-electron chi connectivity index (χ4n) is 3.98. The van der Waals surface area contributed by atoms with Crippen molar-refractivity contribution in [2.24, 2.45) is 5.92 Å². The van der Waals surface area contributed by atoms with Gasteiger partial charge in [0.2, 0.25) is 11.4 Å². The van der Waals surface area contributed by atoms with Crippen LogP contribution < -0.4 is 14.2 Å². The number of hydrogen-bond acceptors (Lipinski definition) is 6. The van der Waals surface area contributed by atoms with Crippen molar-refractivity contribution in [1.29, 1.82) is 0 Å². The van der Waals surface area contributed by atoms with Gasteiger partial charge in [0, 0.05) is 28.1 Å². The molecule has 0 unspecified atom stereocenters. The molecule has 0 saturated heterocycles. The molecular formula is C23H20ClIO6. The van der Waals surface area contributed by atoms with E-state index in [-0.39, 0.29) is 46.7 Å². The van der Waals surface area contributed by atoms with Gasteiger partial charge in [0.25, 0.3) is 0 Å². The highest BCUT2D eigenvalue weighted by atomic mass is 125. The fourth-order valence-corrected chi connectivity index (χ4v) is 4.60. The summed E-state index contributed by atoms with van der Waals surface area (Å²) in [5.74, 6) is 0.0204. The number of benzene rings is 2. The van der Waals surface area contributed by atoms with Gasteiger partial charge in [-0.05, 0) is 40.3 Å². The first kappa shape index (κ1) is 22.0. The zero-order chi connectivity index (χ0) is 22.3. The van der Waals surface area contributed by atoms with Gasteiger partial charge in [-0.15, -0.1) is 0 Å². The predicted octanol–water partition coefficient (Wildman–Crippen LogP) is 4.99. The monoisotopic (exact) mass is 552 g/mol. The Morgan fingerprint density at radius 2 is 1.84 bits per heavy atom. The molecule has 0 amide bonds. The first-order valence-corrected chi connectivity index (χ1v) is 11.1. The van der Waals surface area contributed by atoms with Gasteiger partial charge in [0.15, 0.2) is 17.3 Å². The van der Waals surface area contributed by atoms with Crippen molar-refractivity contribution < 1.29 is 28.5 Å². The van der Waals surface area contributed by atoms with Crippen LogP contribution in [0.3, 0.4) is 0 Å². The third kappa shape index (κ3) is 3.57. The third-order valence-electron chi connectivity index (χ3n) is 5.59. The summed E-state index contributed by atoms with van der Waals surface area (Å²) in [7, 11) is 2.93. The number of carbonyl (C=O) groups excluding carboxylic acids is 2. The van der Waals surface area contributed by atoms with E-state index in [0.29, 0.717) is 11.5 Å². The van der Waals surface area contributed by atoms with E-state index in [0.717, 1.165) is 9.13 Å². The maximum Gasteiger partial charge on any atom is 0.231 e. The molecule has 2 atom stereocenters. The smallest absolute Gasteiger partial charge is 0.231 e. The van der Waals surface area contributed by atoms with Crippen molar-refractivity contribution in [1.82, 2.24) is 0 Å². The van der Waals surface area contributed by atoms with E-state index in [2.05, 4.69) is 22.6 Å². The highest BCUT2D eigenvalue weighted by Gasteiger charge is 2.60. The molecule has 0 saturated carbocycles. The molecule has 1 aliphatic carbocycles. The number of rotatable bonds is 5. The summed E-state index contributed by atoms with van der Waals surface area (Å²) in [5.41, 5.74) is -0.372. The summed E-state index contributed by atoms with van der Waals surface area (Å²) < 4.78 is 24.1. The highest BCUT2D eigenvalue weighted by molar-refractivity contribution is 14.1. The molecule has 1 aliphatic heterocycles. The van der Waals surface area contributed by atoms with Gasteiger partial charge >= 0.3 is 0 Å². The molecule has 1 spiro atoms. The minimum Gasteiger partial charge on any atom is -0.496 e. The third-order valence-corrected chi connectivity index (χ3v) is 6.66. The second kappa shape index (κ2) is 8.35. The highest BCUT2D eigenvalue weighted by Crippen LogP contribution is 2.54. The Kier molecular flexibility index (Phi) is 5.91. The summed E-state index contributed by atoms with van der Waals surface area (Å²) in [6, 6.07) is 9.33. The number of carbonyl (C=O) groups is 2. The number of methoxy groups -OCH3 is 2. The lowest BCUT2D eigenvalue weighted by molar-refractivity contribution is -0.118. The molecule has 2 aromatic carbocycles. The molecule has 31 heavy (non-hydrogen) atoms. The number of Topliss-reactive ketones (excluding diaryl/α,β-unsaturated/α-hetero) is 1. The van der Waals surface area contributed by atoms with Crippen LogP contribution in [0.1, 0.15) is 29.3 Å². The predicted molar refractivity (Wildman–Crippen MR) is 123 cm³/mol. The Labute approximate surface area is 198 Å². The van der Waals surface area contributed by atoms with Gasteiger partial charge in [-0.25, -0.2) is 0 Å². The summed E-state index contributed by atoms with van der Waals surface area (Å²) in [6.45, 7) is 1.98. The van der Waals surface area contributed by atoms with Crippen molar-refractivity contribution in [3.63, 3.8) is 0 Å². The number of ether oxygens (including phenoxy) is 4. The minimum atomic E-state index is -1.50.